The van der Waals surface area contributed by atoms with E-state index in [1.54, 1.807) is 20.8 Å². The van der Waals surface area contributed by atoms with Crippen molar-refractivity contribution in [1.29, 1.82) is 0 Å². The van der Waals surface area contributed by atoms with Crippen molar-refractivity contribution < 1.29 is 9.59 Å². The number of amides is 3. The molecule has 1 unspecified atom stereocenters. The first kappa shape index (κ1) is 12.0. The summed E-state index contributed by atoms with van der Waals surface area (Å²) >= 11 is 0. The van der Waals surface area contributed by atoms with Crippen molar-refractivity contribution in [3.05, 3.63) is 11.4 Å². The number of urea groups is 1. The Hall–Kier alpha value is -2.05. The van der Waals surface area contributed by atoms with Gasteiger partial charge in [0.15, 0.2) is 0 Å². The average Bonchev–Trinajstić information content (AvgIpc) is 2.44. The van der Waals surface area contributed by atoms with Crippen LogP contribution < -0.4 is 16.8 Å². The molecule has 7 nitrogen and oxygen atoms in total. The zero-order valence-corrected chi connectivity index (χ0v) is 9.44. The van der Waals surface area contributed by atoms with Gasteiger partial charge in [0.25, 0.3) is 5.91 Å². The van der Waals surface area contributed by atoms with Crippen molar-refractivity contribution in [2.45, 2.75) is 26.8 Å². The van der Waals surface area contributed by atoms with Crippen molar-refractivity contribution in [1.82, 2.24) is 15.1 Å². The molecule has 1 rings (SSSR count). The Morgan fingerprint density at radius 3 is 2.38 bits per heavy atom. The number of rotatable bonds is 2. The number of hydrogen-bond donors (Lipinski definition) is 3. The maximum absolute atomic E-state index is 11.5. The minimum Gasteiger partial charge on any atom is -0.396 e. The van der Waals surface area contributed by atoms with Crippen molar-refractivity contribution in [2.75, 3.05) is 5.73 Å². The number of primary amides is 1. The van der Waals surface area contributed by atoms with Gasteiger partial charge in [-0.25, -0.2) is 4.79 Å². The number of aromatic nitrogens is 2. The molecule has 0 spiro atoms. The van der Waals surface area contributed by atoms with Gasteiger partial charge in [0, 0.05) is 0 Å². The van der Waals surface area contributed by atoms with Gasteiger partial charge in [-0.1, -0.05) is 0 Å². The lowest BCUT2D eigenvalue weighted by molar-refractivity contribution is -0.123. The van der Waals surface area contributed by atoms with Crippen LogP contribution in [0.1, 0.15) is 24.4 Å². The Bertz CT molecular complexity index is 437. The van der Waals surface area contributed by atoms with E-state index in [1.165, 1.54) is 4.68 Å². The van der Waals surface area contributed by atoms with E-state index in [0.29, 0.717) is 17.1 Å². The lowest BCUT2D eigenvalue weighted by atomic mass is 10.3. The molecule has 0 fully saturated rings. The molecule has 1 heterocycles. The van der Waals surface area contributed by atoms with Crippen LogP contribution >= 0.6 is 0 Å². The van der Waals surface area contributed by atoms with Crippen molar-refractivity contribution in [2.24, 2.45) is 5.73 Å². The Kier molecular flexibility index (Phi) is 3.17. The van der Waals surface area contributed by atoms with Crippen LogP contribution in [0, 0.1) is 13.8 Å². The van der Waals surface area contributed by atoms with Gasteiger partial charge >= 0.3 is 6.03 Å². The lowest BCUT2D eigenvalue weighted by Gasteiger charge is -2.12. The van der Waals surface area contributed by atoms with Crippen LogP contribution in [0.25, 0.3) is 0 Å². The van der Waals surface area contributed by atoms with E-state index in [0.717, 1.165) is 0 Å². The van der Waals surface area contributed by atoms with Crippen molar-refractivity contribution in [3.63, 3.8) is 0 Å². The number of hydrogen-bond acceptors (Lipinski definition) is 4. The molecule has 1 aromatic heterocycles. The lowest BCUT2D eigenvalue weighted by Crippen LogP contribution is -2.39. The van der Waals surface area contributed by atoms with E-state index in [4.69, 9.17) is 11.5 Å². The maximum atomic E-state index is 11.5. The summed E-state index contributed by atoms with van der Waals surface area (Å²) in [6, 6.07) is -1.52. The molecule has 0 bridgehead atoms. The van der Waals surface area contributed by atoms with Gasteiger partial charge in [0.2, 0.25) is 0 Å². The van der Waals surface area contributed by atoms with Gasteiger partial charge in [-0.15, -0.1) is 0 Å². The monoisotopic (exact) mass is 225 g/mol. The van der Waals surface area contributed by atoms with Crippen LogP contribution in [0.5, 0.6) is 0 Å². The highest BCUT2D eigenvalue weighted by Crippen LogP contribution is 2.18. The van der Waals surface area contributed by atoms with E-state index in [-0.39, 0.29) is 0 Å². The molecule has 0 aromatic carbocycles. The molecule has 0 aliphatic carbocycles. The smallest absolute Gasteiger partial charge is 0.318 e. The first-order valence-corrected chi connectivity index (χ1v) is 4.76. The third-order valence-electron chi connectivity index (χ3n) is 2.37. The molecule has 0 saturated carbocycles. The SMILES string of the molecule is Cc1nn(C(C)C(=O)NC(N)=O)c(C)c1N. The normalized spacial score (nSPS) is 12.2. The zero-order valence-electron chi connectivity index (χ0n) is 9.44. The minimum absolute atomic E-state index is 0.516. The molecule has 7 heteroatoms. The number of nitrogens with one attached hydrogen (secondary N) is 1. The number of nitrogens with two attached hydrogens (primary N) is 2. The molecular weight excluding hydrogens is 210 g/mol. The second-order valence-electron chi connectivity index (χ2n) is 3.56. The second-order valence-corrected chi connectivity index (χ2v) is 3.56. The topological polar surface area (TPSA) is 116 Å². The summed E-state index contributed by atoms with van der Waals surface area (Å²) in [6.45, 7) is 5.11. The number of nitrogen functional groups attached to an aromatic ring is 1. The Labute approximate surface area is 92.8 Å². The standard InChI is InChI=1S/C9H15N5O2/c1-4-7(10)5(2)14(13-4)6(3)8(15)12-9(11)16/h6H,10H2,1-3H3,(H3,11,12,15,16). The highest BCUT2D eigenvalue weighted by atomic mass is 16.2. The summed E-state index contributed by atoms with van der Waals surface area (Å²) in [4.78, 5) is 22.1. The van der Waals surface area contributed by atoms with Crippen molar-refractivity contribution in [3.8, 4) is 0 Å². The molecule has 88 valence electrons. The molecule has 3 amide bonds. The molecule has 16 heavy (non-hydrogen) atoms. The van der Waals surface area contributed by atoms with Gasteiger partial charge in [0.1, 0.15) is 6.04 Å². The van der Waals surface area contributed by atoms with Crippen LogP contribution in [0.3, 0.4) is 0 Å². The zero-order chi connectivity index (χ0) is 12.5. The first-order chi connectivity index (χ1) is 7.34. The summed E-state index contributed by atoms with van der Waals surface area (Å²) in [5.74, 6) is -0.516. The average molecular weight is 225 g/mol. The highest BCUT2D eigenvalue weighted by Gasteiger charge is 2.20. The number of imide groups is 1. The summed E-state index contributed by atoms with van der Waals surface area (Å²) in [5, 5.41) is 6.11. The number of carbonyl (C=O) groups is 2. The maximum Gasteiger partial charge on any atom is 0.318 e. The fraction of sp³-hybridized carbons (Fsp3) is 0.444. The second kappa shape index (κ2) is 4.21. The quantitative estimate of drug-likeness (QED) is 0.648. The molecule has 0 aliphatic heterocycles. The molecule has 5 N–H and O–H groups in total. The van der Waals surface area contributed by atoms with Crippen molar-refractivity contribution >= 4 is 17.6 Å². The Morgan fingerprint density at radius 1 is 1.44 bits per heavy atom. The Morgan fingerprint density at radius 2 is 2.00 bits per heavy atom. The van der Waals surface area contributed by atoms with E-state index in [1.807, 2.05) is 5.32 Å². The summed E-state index contributed by atoms with van der Waals surface area (Å²) < 4.78 is 1.46. The van der Waals surface area contributed by atoms with Crippen LogP contribution in [0.2, 0.25) is 0 Å². The van der Waals surface area contributed by atoms with Gasteiger partial charge in [-0.3, -0.25) is 14.8 Å². The number of anilines is 1. The van der Waals surface area contributed by atoms with Gasteiger partial charge in [-0.05, 0) is 20.8 Å². The van der Waals surface area contributed by atoms with Gasteiger partial charge < -0.3 is 11.5 Å². The predicted octanol–water partition coefficient (Wildman–Crippen LogP) is -0.162. The fourth-order valence-corrected chi connectivity index (χ4v) is 1.39. The molecule has 1 aromatic rings. The minimum atomic E-state index is -0.883. The third kappa shape index (κ3) is 2.13. The molecular formula is C9H15N5O2. The number of aryl methyl sites for hydroxylation is 1. The highest BCUT2D eigenvalue weighted by molar-refractivity contribution is 5.95. The molecule has 0 radical (unpaired) electrons. The van der Waals surface area contributed by atoms with Gasteiger partial charge in [0.05, 0.1) is 17.1 Å². The molecule has 0 aliphatic rings. The summed E-state index contributed by atoms with van der Waals surface area (Å²) in [6.07, 6.45) is 0. The first-order valence-electron chi connectivity index (χ1n) is 4.76. The van der Waals surface area contributed by atoms with Crippen LogP contribution in [-0.4, -0.2) is 21.7 Å². The van der Waals surface area contributed by atoms with E-state index in [9.17, 15) is 9.59 Å². The fourth-order valence-electron chi connectivity index (χ4n) is 1.39. The van der Waals surface area contributed by atoms with Crippen LogP contribution in [0.4, 0.5) is 10.5 Å². The number of carbonyl (C=O) groups excluding carboxylic acids is 2. The Balaban J connectivity index is 2.96. The van der Waals surface area contributed by atoms with E-state index >= 15 is 0 Å². The van der Waals surface area contributed by atoms with Crippen LogP contribution in [0.15, 0.2) is 0 Å². The van der Waals surface area contributed by atoms with E-state index in [2.05, 4.69) is 5.10 Å². The molecule has 1 atom stereocenters. The summed E-state index contributed by atoms with van der Waals surface area (Å²) in [7, 11) is 0. The van der Waals surface area contributed by atoms with Gasteiger partial charge in [-0.2, -0.15) is 5.10 Å². The largest absolute Gasteiger partial charge is 0.396 e. The predicted molar refractivity (Wildman–Crippen MR) is 58.6 cm³/mol. The van der Waals surface area contributed by atoms with Crippen LogP contribution in [-0.2, 0) is 4.79 Å². The third-order valence-corrected chi connectivity index (χ3v) is 2.37. The number of nitrogens with zero attached hydrogens (tertiary/aromatic N) is 2. The van der Waals surface area contributed by atoms with E-state index < -0.39 is 18.0 Å². The summed E-state index contributed by atoms with van der Waals surface area (Å²) in [5.41, 5.74) is 12.5. The molecule has 0 saturated heterocycles.